The molecule has 6 nitrogen and oxygen atoms in total. The minimum Gasteiger partial charge on any atom is -0.345 e. The molecule has 0 radical (unpaired) electrons. The van der Waals surface area contributed by atoms with Crippen LogP contribution in [0, 0.1) is 5.92 Å². The zero-order valence-electron chi connectivity index (χ0n) is 16.0. The van der Waals surface area contributed by atoms with Gasteiger partial charge in [-0.2, -0.15) is 5.10 Å². The Bertz CT molecular complexity index is 876. The molecule has 2 aliphatic heterocycles. The normalized spacial score (nSPS) is 23.1. The first kappa shape index (κ1) is 18.2. The van der Waals surface area contributed by atoms with Crippen molar-refractivity contribution in [2.24, 2.45) is 5.92 Å². The summed E-state index contributed by atoms with van der Waals surface area (Å²) in [5.41, 5.74) is 0.430. The van der Waals surface area contributed by atoms with Gasteiger partial charge in [-0.3, -0.25) is 9.59 Å². The number of rotatable bonds is 4. The third kappa shape index (κ3) is 3.76. The molecule has 1 amide bonds. The van der Waals surface area contributed by atoms with Crippen molar-refractivity contribution in [3.8, 4) is 0 Å². The molecule has 0 unspecified atom stereocenters. The first-order valence-corrected chi connectivity index (χ1v) is 10.1. The summed E-state index contributed by atoms with van der Waals surface area (Å²) < 4.78 is 0. The predicted octanol–water partition coefficient (Wildman–Crippen LogP) is 2.19. The molecule has 27 heavy (non-hydrogen) atoms. The number of amides is 1. The largest absolute Gasteiger partial charge is 0.345 e. The lowest BCUT2D eigenvalue weighted by Gasteiger charge is -2.45. The molecule has 2 saturated heterocycles. The van der Waals surface area contributed by atoms with Gasteiger partial charge >= 0.3 is 0 Å². The molecule has 4 rings (SSSR count). The maximum absolute atomic E-state index is 12.9. The number of carbonyl (C=O) groups excluding carboxylic acids is 1. The highest BCUT2D eigenvalue weighted by Gasteiger charge is 2.34. The van der Waals surface area contributed by atoms with Crippen LogP contribution in [0.4, 0.5) is 0 Å². The second-order valence-corrected chi connectivity index (χ2v) is 8.00. The van der Waals surface area contributed by atoms with Crippen molar-refractivity contribution in [2.45, 2.75) is 44.6 Å². The van der Waals surface area contributed by atoms with E-state index in [0.29, 0.717) is 23.0 Å². The monoisotopic (exact) mass is 368 g/mol. The zero-order valence-corrected chi connectivity index (χ0v) is 16.0. The molecular formula is C21H28N4O2. The molecule has 1 N–H and O–H groups in total. The summed E-state index contributed by atoms with van der Waals surface area (Å²) in [5, 5.41) is 8.02. The number of hydrogen-bond donors (Lipinski definition) is 1. The number of fused-ring (bicyclic) bond motifs is 2. The first-order chi connectivity index (χ1) is 13.1. The molecule has 144 valence electrons. The molecule has 6 heteroatoms. The van der Waals surface area contributed by atoms with Crippen molar-refractivity contribution < 1.29 is 4.79 Å². The summed E-state index contributed by atoms with van der Waals surface area (Å²) in [6.07, 6.45) is 6.53. The van der Waals surface area contributed by atoms with E-state index in [9.17, 15) is 9.59 Å². The van der Waals surface area contributed by atoms with Crippen LogP contribution in [0.25, 0.3) is 10.8 Å². The minimum absolute atomic E-state index is 0.0626. The molecule has 3 heterocycles. The third-order valence-corrected chi connectivity index (χ3v) is 6.26. The van der Waals surface area contributed by atoms with Crippen LogP contribution in [0.15, 0.2) is 29.1 Å². The zero-order chi connectivity index (χ0) is 18.8. The number of hydrogen-bond acceptors (Lipinski definition) is 4. The van der Waals surface area contributed by atoms with Crippen LogP contribution < -0.4 is 5.56 Å². The molecule has 1 aromatic heterocycles. The van der Waals surface area contributed by atoms with Gasteiger partial charge in [0.15, 0.2) is 0 Å². The van der Waals surface area contributed by atoms with E-state index in [1.165, 1.54) is 45.2 Å². The first-order valence-electron chi connectivity index (χ1n) is 10.1. The highest BCUT2D eigenvalue weighted by molar-refractivity contribution is 5.88. The number of nitrogens with zero attached hydrogens (tertiary/aromatic N) is 3. The number of aromatic nitrogens is 2. The van der Waals surface area contributed by atoms with Gasteiger partial charge in [-0.05, 0) is 50.8 Å². The molecule has 2 aliphatic rings. The summed E-state index contributed by atoms with van der Waals surface area (Å²) in [6, 6.07) is 7.97. The number of piperidine rings is 2. The van der Waals surface area contributed by atoms with E-state index < -0.39 is 0 Å². The van der Waals surface area contributed by atoms with Crippen LogP contribution >= 0.6 is 0 Å². The molecule has 0 spiro atoms. The van der Waals surface area contributed by atoms with E-state index in [4.69, 9.17) is 0 Å². The SMILES string of the molecule is CN(C[C@H]1CCCN2CCCC[C@@H]12)C(=O)Cc1n[nH]c(=O)c2ccccc12. The second kappa shape index (κ2) is 7.80. The third-order valence-electron chi connectivity index (χ3n) is 6.26. The summed E-state index contributed by atoms with van der Waals surface area (Å²) >= 11 is 0. The molecule has 2 fully saturated rings. The van der Waals surface area contributed by atoms with Gasteiger partial charge < -0.3 is 9.80 Å². The summed E-state index contributed by atoms with van der Waals surface area (Å²) in [4.78, 5) is 29.3. The highest BCUT2D eigenvalue weighted by Crippen LogP contribution is 2.31. The van der Waals surface area contributed by atoms with E-state index in [-0.39, 0.29) is 17.9 Å². The number of benzene rings is 1. The fourth-order valence-electron chi connectivity index (χ4n) is 4.83. The molecule has 0 aliphatic carbocycles. The lowest BCUT2D eigenvalue weighted by molar-refractivity contribution is -0.130. The smallest absolute Gasteiger partial charge is 0.272 e. The Morgan fingerprint density at radius 2 is 1.96 bits per heavy atom. The van der Waals surface area contributed by atoms with E-state index >= 15 is 0 Å². The summed E-state index contributed by atoms with van der Waals surface area (Å²) in [6.45, 7) is 3.24. The quantitative estimate of drug-likeness (QED) is 0.898. The fourth-order valence-corrected chi connectivity index (χ4v) is 4.83. The van der Waals surface area contributed by atoms with Gasteiger partial charge in [0, 0.05) is 25.0 Å². The summed E-state index contributed by atoms with van der Waals surface area (Å²) in [5.74, 6) is 0.626. The van der Waals surface area contributed by atoms with Crippen LogP contribution in [-0.2, 0) is 11.2 Å². The maximum atomic E-state index is 12.9. The average Bonchev–Trinajstić information content (AvgIpc) is 2.70. The number of aromatic amines is 1. The maximum Gasteiger partial charge on any atom is 0.272 e. The molecule has 2 aromatic rings. The number of likely N-dealkylation sites (N-methyl/N-ethyl adjacent to an activating group) is 1. The van der Waals surface area contributed by atoms with Gasteiger partial charge in [-0.1, -0.05) is 24.6 Å². The van der Waals surface area contributed by atoms with Crippen molar-refractivity contribution in [1.82, 2.24) is 20.0 Å². The van der Waals surface area contributed by atoms with Crippen LogP contribution in [0.2, 0.25) is 0 Å². The Labute approximate surface area is 159 Å². The van der Waals surface area contributed by atoms with E-state index in [1.807, 2.05) is 30.1 Å². The Balaban J connectivity index is 1.45. The van der Waals surface area contributed by atoms with Crippen molar-refractivity contribution in [3.63, 3.8) is 0 Å². The number of carbonyl (C=O) groups is 1. The van der Waals surface area contributed by atoms with Gasteiger partial charge in [0.1, 0.15) is 0 Å². The molecule has 0 saturated carbocycles. The number of nitrogens with one attached hydrogen (secondary N) is 1. The van der Waals surface area contributed by atoms with Crippen molar-refractivity contribution in [3.05, 3.63) is 40.3 Å². The van der Waals surface area contributed by atoms with Gasteiger partial charge in [-0.25, -0.2) is 5.10 Å². The van der Waals surface area contributed by atoms with Crippen molar-refractivity contribution in [2.75, 3.05) is 26.7 Å². The van der Waals surface area contributed by atoms with E-state index in [0.717, 1.165) is 11.9 Å². The lowest BCUT2D eigenvalue weighted by atomic mass is 9.83. The van der Waals surface area contributed by atoms with Gasteiger partial charge in [-0.15, -0.1) is 0 Å². The summed E-state index contributed by atoms with van der Waals surface area (Å²) in [7, 11) is 1.90. The van der Waals surface area contributed by atoms with Gasteiger partial charge in [0.2, 0.25) is 5.91 Å². The molecule has 1 aromatic carbocycles. The van der Waals surface area contributed by atoms with Crippen LogP contribution in [0.1, 0.15) is 37.8 Å². The van der Waals surface area contributed by atoms with Crippen molar-refractivity contribution >= 4 is 16.7 Å². The molecular weight excluding hydrogens is 340 g/mol. The Hall–Kier alpha value is -2.21. The average molecular weight is 368 g/mol. The van der Waals surface area contributed by atoms with Crippen LogP contribution in [0.3, 0.4) is 0 Å². The number of H-pyrrole nitrogens is 1. The second-order valence-electron chi connectivity index (χ2n) is 8.00. The van der Waals surface area contributed by atoms with E-state index in [1.54, 1.807) is 6.07 Å². The van der Waals surface area contributed by atoms with E-state index in [2.05, 4.69) is 15.1 Å². The van der Waals surface area contributed by atoms with Crippen molar-refractivity contribution in [1.29, 1.82) is 0 Å². The van der Waals surface area contributed by atoms with Crippen LogP contribution in [0.5, 0.6) is 0 Å². The van der Waals surface area contributed by atoms with Crippen LogP contribution in [-0.4, -0.2) is 58.6 Å². The Morgan fingerprint density at radius 1 is 1.19 bits per heavy atom. The van der Waals surface area contributed by atoms with Gasteiger partial charge in [0.25, 0.3) is 5.56 Å². The molecule has 2 atom stereocenters. The Morgan fingerprint density at radius 3 is 2.81 bits per heavy atom. The highest BCUT2D eigenvalue weighted by atomic mass is 16.2. The fraction of sp³-hybridized carbons (Fsp3) is 0.571. The minimum atomic E-state index is -0.213. The standard InChI is InChI=1S/C21H28N4O2/c1-24(14-15-7-6-12-25-11-5-4-10-19(15)25)20(26)13-18-16-8-2-3-9-17(16)21(27)23-22-18/h2-3,8-9,15,19H,4-7,10-14H2,1H3,(H,23,27)/t15-,19+/m1/s1. The Kier molecular flexibility index (Phi) is 5.25. The molecule has 0 bridgehead atoms. The predicted molar refractivity (Wildman–Crippen MR) is 106 cm³/mol. The van der Waals surface area contributed by atoms with Gasteiger partial charge in [0.05, 0.1) is 17.5 Å². The lowest BCUT2D eigenvalue weighted by Crippen LogP contribution is -2.51. The topological polar surface area (TPSA) is 69.3 Å².